The van der Waals surface area contributed by atoms with Crippen LogP contribution in [-0.2, 0) is 17.9 Å². The van der Waals surface area contributed by atoms with Crippen molar-refractivity contribution in [1.82, 2.24) is 25.1 Å². The predicted octanol–water partition coefficient (Wildman–Crippen LogP) is 2.87. The number of halogens is 1. The van der Waals surface area contributed by atoms with E-state index < -0.39 is 11.4 Å². The molecule has 0 unspecified atom stereocenters. The van der Waals surface area contributed by atoms with Gasteiger partial charge in [-0.3, -0.25) is 14.4 Å². The van der Waals surface area contributed by atoms with Gasteiger partial charge in [-0.05, 0) is 44.4 Å². The van der Waals surface area contributed by atoms with E-state index in [1.807, 2.05) is 31.2 Å². The third-order valence-electron chi connectivity index (χ3n) is 6.41. The van der Waals surface area contributed by atoms with Gasteiger partial charge in [0.1, 0.15) is 11.2 Å². The lowest BCUT2D eigenvalue weighted by molar-refractivity contribution is -0.133. The summed E-state index contributed by atoms with van der Waals surface area (Å²) in [4.78, 5) is 45.3. The van der Waals surface area contributed by atoms with Crippen LogP contribution in [0.5, 0.6) is 0 Å². The normalized spacial score (nSPS) is 20.8. The van der Waals surface area contributed by atoms with Gasteiger partial charge < -0.3 is 20.1 Å². The Morgan fingerprint density at radius 2 is 2.03 bits per heavy atom. The number of likely N-dealkylation sites (N-methyl/N-ethyl adjacent to an activating group) is 1. The lowest BCUT2D eigenvalue weighted by Crippen LogP contribution is -2.64. The highest BCUT2D eigenvalue weighted by atomic mass is 79.9. The van der Waals surface area contributed by atoms with Crippen molar-refractivity contribution < 1.29 is 14.4 Å². The zero-order chi connectivity index (χ0) is 22.9. The summed E-state index contributed by atoms with van der Waals surface area (Å²) in [6.45, 7) is 4.56. The summed E-state index contributed by atoms with van der Waals surface area (Å²) in [5.41, 5.74) is 0.205. The molecule has 0 spiro atoms. The molecule has 0 radical (unpaired) electrons. The second kappa shape index (κ2) is 9.05. The molecule has 2 N–H and O–H groups in total. The number of carbonyl (C=O) groups excluding carboxylic acids is 3. The monoisotopic (exact) mass is 501 g/mol. The van der Waals surface area contributed by atoms with Gasteiger partial charge in [-0.2, -0.15) is 0 Å². The number of rotatable bonds is 6. The first kappa shape index (κ1) is 22.5. The highest BCUT2D eigenvalue weighted by molar-refractivity contribution is 9.10. The molecule has 1 aromatic carbocycles. The van der Waals surface area contributed by atoms with E-state index in [1.54, 1.807) is 16.4 Å². The lowest BCUT2D eigenvalue weighted by Gasteiger charge is -2.43. The van der Waals surface area contributed by atoms with Crippen LogP contribution in [-0.4, -0.2) is 50.3 Å². The van der Waals surface area contributed by atoms with Crippen molar-refractivity contribution in [3.05, 3.63) is 52.0 Å². The average Bonchev–Trinajstić information content (AvgIpc) is 3.42. The summed E-state index contributed by atoms with van der Waals surface area (Å²) < 4.78 is 2.56. The van der Waals surface area contributed by atoms with Crippen molar-refractivity contribution in [2.24, 2.45) is 0 Å². The molecule has 4 rings (SSSR count). The maximum atomic E-state index is 13.4. The van der Waals surface area contributed by atoms with Crippen LogP contribution in [0.1, 0.15) is 66.1 Å². The van der Waals surface area contributed by atoms with Crippen molar-refractivity contribution in [2.45, 2.75) is 64.2 Å². The van der Waals surface area contributed by atoms with Gasteiger partial charge in [0.15, 0.2) is 5.69 Å². The molecule has 2 heterocycles. The minimum Gasteiger partial charge on any atom is -0.351 e. The molecule has 1 aliphatic carbocycles. The number of amides is 3. The summed E-state index contributed by atoms with van der Waals surface area (Å²) in [6, 6.07) is 7.79. The molecule has 1 atom stereocenters. The van der Waals surface area contributed by atoms with E-state index in [9.17, 15) is 14.4 Å². The SMILES string of the molecule is CCN1C(=O)c2c(C(=O)NCc3cccc(Br)c3)ncn2C[C@]1(C)C(=O)NC1CCCC1. The minimum atomic E-state index is -1.04. The fourth-order valence-electron chi connectivity index (χ4n) is 4.67. The van der Waals surface area contributed by atoms with Crippen LogP contribution >= 0.6 is 15.9 Å². The Morgan fingerprint density at radius 3 is 2.72 bits per heavy atom. The molecule has 32 heavy (non-hydrogen) atoms. The van der Waals surface area contributed by atoms with E-state index in [4.69, 9.17) is 0 Å². The zero-order valence-electron chi connectivity index (χ0n) is 18.4. The largest absolute Gasteiger partial charge is 0.351 e. The summed E-state index contributed by atoms with van der Waals surface area (Å²) in [5, 5.41) is 5.97. The van der Waals surface area contributed by atoms with Gasteiger partial charge in [0, 0.05) is 23.6 Å². The summed E-state index contributed by atoms with van der Waals surface area (Å²) in [5.74, 6) is -0.922. The number of fused-ring (bicyclic) bond motifs is 1. The fourth-order valence-corrected chi connectivity index (χ4v) is 5.12. The molecule has 8 nitrogen and oxygen atoms in total. The van der Waals surface area contributed by atoms with E-state index >= 15 is 0 Å². The van der Waals surface area contributed by atoms with Gasteiger partial charge in [-0.25, -0.2) is 4.98 Å². The van der Waals surface area contributed by atoms with E-state index in [0.717, 1.165) is 35.7 Å². The van der Waals surface area contributed by atoms with Gasteiger partial charge in [-0.15, -0.1) is 0 Å². The molecular formula is C23H28BrN5O3. The van der Waals surface area contributed by atoms with Crippen molar-refractivity contribution >= 4 is 33.7 Å². The smallest absolute Gasteiger partial charge is 0.273 e. The molecule has 1 fully saturated rings. The van der Waals surface area contributed by atoms with Gasteiger partial charge in [0.25, 0.3) is 11.8 Å². The second-order valence-corrected chi connectivity index (χ2v) is 9.58. The Kier molecular flexibility index (Phi) is 6.37. The Bertz CT molecular complexity index is 1050. The topological polar surface area (TPSA) is 96.3 Å². The number of aromatic nitrogens is 2. The summed E-state index contributed by atoms with van der Waals surface area (Å²) in [7, 11) is 0. The summed E-state index contributed by atoms with van der Waals surface area (Å²) >= 11 is 3.42. The molecule has 3 amide bonds. The molecule has 0 bridgehead atoms. The van der Waals surface area contributed by atoms with Crippen molar-refractivity contribution in [3.63, 3.8) is 0 Å². The average molecular weight is 502 g/mol. The molecule has 2 aliphatic rings. The van der Waals surface area contributed by atoms with E-state index in [-0.39, 0.29) is 35.8 Å². The number of hydrogen-bond donors (Lipinski definition) is 2. The molecule has 170 valence electrons. The maximum absolute atomic E-state index is 13.4. The Hall–Kier alpha value is -2.68. The maximum Gasteiger partial charge on any atom is 0.273 e. The van der Waals surface area contributed by atoms with Crippen LogP contribution in [0.25, 0.3) is 0 Å². The number of hydrogen-bond acceptors (Lipinski definition) is 4. The molecule has 1 saturated carbocycles. The highest BCUT2D eigenvalue weighted by Crippen LogP contribution is 2.29. The minimum absolute atomic E-state index is 0.0849. The Morgan fingerprint density at radius 1 is 1.28 bits per heavy atom. The van der Waals surface area contributed by atoms with Crippen LogP contribution in [0.3, 0.4) is 0 Å². The number of nitrogens with zero attached hydrogens (tertiary/aromatic N) is 3. The quantitative estimate of drug-likeness (QED) is 0.635. The second-order valence-electron chi connectivity index (χ2n) is 8.66. The van der Waals surface area contributed by atoms with Crippen LogP contribution < -0.4 is 10.6 Å². The number of benzene rings is 1. The number of carbonyl (C=O) groups is 3. The molecule has 9 heteroatoms. The fraction of sp³-hybridized carbons (Fsp3) is 0.478. The van der Waals surface area contributed by atoms with Gasteiger partial charge in [0.2, 0.25) is 5.91 Å². The van der Waals surface area contributed by atoms with Crippen molar-refractivity contribution in [3.8, 4) is 0 Å². The Labute approximate surface area is 195 Å². The third kappa shape index (κ3) is 4.18. The first-order valence-electron chi connectivity index (χ1n) is 11.0. The van der Waals surface area contributed by atoms with E-state index in [0.29, 0.717) is 13.1 Å². The first-order chi connectivity index (χ1) is 15.3. The lowest BCUT2D eigenvalue weighted by atomic mass is 9.94. The Balaban J connectivity index is 1.54. The van der Waals surface area contributed by atoms with Crippen molar-refractivity contribution in [2.75, 3.05) is 6.54 Å². The molecule has 2 aromatic rings. The predicted molar refractivity (Wildman–Crippen MR) is 123 cm³/mol. The standard InChI is InChI=1S/C23H28BrN5O3/c1-3-29-21(31)19-18(20(30)25-12-15-7-6-8-16(24)11-15)26-14-28(19)13-23(29,2)22(32)27-17-9-4-5-10-17/h6-8,11,14,17H,3-5,9-10,12-13H2,1-2H3,(H,25,30)(H,27,32)/t23-/m1/s1. The van der Waals surface area contributed by atoms with Gasteiger partial charge >= 0.3 is 0 Å². The van der Waals surface area contributed by atoms with Crippen LogP contribution in [0.4, 0.5) is 0 Å². The number of nitrogens with one attached hydrogen (secondary N) is 2. The van der Waals surface area contributed by atoms with Crippen LogP contribution in [0, 0.1) is 0 Å². The van der Waals surface area contributed by atoms with Crippen LogP contribution in [0.2, 0.25) is 0 Å². The highest BCUT2D eigenvalue weighted by Gasteiger charge is 2.48. The third-order valence-corrected chi connectivity index (χ3v) is 6.91. The molecular weight excluding hydrogens is 474 g/mol. The number of imidazole rings is 1. The zero-order valence-corrected chi connectivity index (χ0v) is 19.9. The van der Waals surface area contributed by atoms with Gasteiger partial charge in [0.05, 0.1) is 12.9 Å². The van der Waals surface area contributed by atoms with Crippen LogP contribution in [0.15, 0.2) is 35.1 Å². The molecule has 1 aromatic heterocycles. The molecule has 1 aliphatic heterocycles. The first-order valence-corrected chi connectivity index (χ1v) is 11.8. The van der Waals surface area contributed by atoms with E-state index in [2.05, 4.69) is 31.5 Å². The van der Waals surface area contributed by atoms with Crippen molar-refractivity contribution in [1.29, 1.82) is 0 Å². The van der Waals surface area contributed by atoms with Gasteiger partial charge in [-0.1, -0.05) is 40.9 Å². The molecule has 0 saturated heterocycles. The summed E-state index contributed by atoms with van der Waals surface area (Å²) in [6.07, 6.45) is 5.65. The van der Waals surface area contributed by atoms with E-state index in [1.165, 1.54) is 6.33 Å².